The second-order valence-electron chi connectivity index (χ2n) is 7.30. The Hall–Kier alpha value is -4.25. The van der Waals surface area contributed by atoms with Gasteiger partial charge in [-0.25, -0.2) is 4.79 Å². The Balaban J connectivity index is 1.51. The van der Waals surface area contributed by atoms with Crippen LogP contribution in [0.25, 0.3) is 0 Å². The van der Waals surface area contributed by atoms with Crippen LogP contribution in [-0.4, -0.2) is 6.03 Å². The topological polar surface area (TPSA) is 59.6 Å². The van der Waals surface area contributed by atoms with E-state index in [0.717, 1.165) is 16.8 Å². The van der Waals surface area contributed by atoms with Gasteiger partial charge in [0.1, 0.15) is 12.4 Å². The largest absolute Gasteiger partial charge is 0.485 e. The molecule has 0 spiro atoms. The lowest BCUT2D eigenvalue weighted by molar-refractivity contribution is 0.262. The molecule has 0 saturated heterocycles. The minimum atomic E-state index is -0.332. The summed E-state index contributed by atoms with van der Waals surface area (Å²) in [6.07, 6.45) is 0. The van der Waals surface area contributed by atoms with Gasteiger partial charge in [0, 0.05) is 17.4 Å². The maximum absolute atomic E-state index is 12.5. The number of nitrogens with one attached hydrogen (secondary N) is 2. The van der Waals surface area contributed by atoms with E-state index in [-0.39, 0.29) is 6.03 Å². The molecule has 0 aliphatic rings. The van der Waals surface area contributed by atoms with Gasteiger partial charge in [-0.1, -0.05) is 60.7 Å². The fraction of sp³-hybridized carbons (Fsp3) is 0.0741. The van der Waals surface area contributed by atoms with Gasteiger partial charge in [0.05, 0.1) is 0 Å². The molecule has 4 aromatic rings. The van der Waals surface area contributed by atoms with Crippen molar-refractivity contribution in [3.05, 3.63) is 114 Å². The number of urea groups is 1. The van der Waals surface area contributed by atoms with Crippen molar-refractivity contribution in [3.8, 4) is 17.2 Å². The highest BCUT2D eigenvalue weighted by Crippen LogP contribution is 2.34. The Bertz CT molecular complexity index is 1180. The predicted molar refractivity (Wildman–Crippen MR) is 128 cm³/mol. The third-order valence-corrected chi connectivity index (χ3v) is 4.69. The van der Waals surface area contributed by atoms with E-state index < -0.39 is 0 Å². The van der Waals surface area contributed by atoms with Crippen LogP contribution in [0.1, 0.15) is 11.1 Å². The summed E-state index contributed by atoms with van der Waals surface area (Å²) < 4.78 is 12.1. The molecular weight excluding hydrogens is 400 g/mol. The molecule has 5 heteroatoms. The minimum Gasteiger partial charge on any atom is -0.485 e. The highest BCUT2D eigenvalue weighted by atomic mass is 16.5. The predicted octanol–water partition coefficient (Wildman–Crippen LogP) is 7.01. The van der Waals surface area contributed by atoms with Crippen LogP contribution in [0.5, 0.6) is 17.2 Å². The zero-order valence-corrected chi connectivity index (χ0v) is 17.7. The lowest BCUT2D eigenvalue weighted by Gasteiger charge is -2.15. The Morgan fingerprint density at radius 2 is 1.41 bits per heavy atom. The summed E-state index contributed by atoms with van der Waals surface area (Å²) in [6.45, 7) is 2.36. The molecule has 0 saturated carbocycles. The van der Waals surface area contributed by atoms with E-state index >= 15 is 0 Å². The Kier molecular flexibility index (Phi) is 6.68. The maximum atomic E-state index is 12.5. The molecule has 4 rings (SSSR count). The molecule has 0 fully saturated rings. The summed E-state index contributed by atoms with van der Waals surface area (Å²) in [4.78, 5) is 12.5. The van der Waals surface area contributed by atoms with Gasteiger partial charge in [0.15, 0.2) is 11.5 Å². The summed E-state index contributed by atoms with van der Waals surface area (Å²) in [7, 11) is 0. The maximum Gasteiger partial charge on any atom is 0.323 e. The SMILES string of the molecule is Cc1cccc(NC(=O)Nc2ccc(Oc3ccccc3)c(OCc3ccccc3)c2)c1. The van der Waals surface area contributed by atoms with E-state index in [0.29, 0.717) is 29.5 Å². The molecule has 2 N–H and O–H groups in total. The molecule has 0 aromatic heterocycles. The van der Waals surface area contributed by atoms with Gasteiger partial charge >= 0.3 is 6.03 Å². The molecule has 0 atom stereocenters. The fourth-order valence-corrected chi connectivity index (χ4v) is 3.15. The monoisotopic (exact) mass is 424 g/mol. The first-order valence-electron chi connectivity index (χ1n) is 10.3. The highest BCUT2D eigenvalue weighted by Gasteiger charge is 2.11. The zero-order chi connectivity index (χ0) is 22.2. The van der Waals surface area contributed by atoms with Crippen molar-refractivity contribution in [1.82, 2.24) is 0 Å². The van der Waals surface area contributed by atoms with Crippen LogP contribution in [0.3, 0.4) is 0 Å². The van der Waals surface area contributed by atoms with Crippen LogP contribution in [0.4, 0.5) is 16.2 Å². The zero-order valence-electron chi connectivity index (χ0n) is 17.7. The normalized spacial score (nSPS) is 10.3. The Labute approximate surface area is 187 Å². The first kappa shape index (κ1) is 21.0. The summed E-state index contributed by atoms with van der Waals surface area (Å²) in [5.41, 5.74) is 3.43. The van der Waals surface area contributed by atoms with E-state index in [4.69, 9.17) is 9.47 Å². The number of rotatable bonds is 7. The van der Waals surface area contributed by atoms with Gasteiger partial charge in [0.25, 0.3) is 0 Å². The number of hydrogen-bond donors (Lipinski definition) is 2. The molecule has 32 heavy (non-hydrogen) atoms. The van der Waals surface area contributed by atoms with Crippen molar-refractivity contribution in [2.24, 2.45) is 0 Å². The molecule has 160 valence electrons. The van der Waals surface area contributed by atoms with Crippen LogP contribution in [0, 0.1) is 6.92 Å². The second-order valence-corrected chi connectivity index (χ2v) is 7.30. The van der Waals surface area contributed by atoms with Gasteiger partial charge in [-0.2, -0.15) is 0 Å². The van der Waals surface area contributed by atoms with E-state index in [1.54, 1.807) is 18.2 Å². The van der Waals surface area contributed by atoms with Gasteiger partial charge in [0.2, 0.25) is 0 Å². The standard InChI is InChI=1S/C27H24N2O3/c1-20-9-8-12-22(17-20)28-27(30)29-23-15-16-25(32-24-13-6-3-7-14-24)26(18-23)31-19-21-10-4-2-5-11-21/h2-18H,19H2,1H3,(H2,28,29,30). The van der Waals surface area contributed by atoms with Crippen LogP contribution < -0.4 is 20.1 Å². The first-order chi connectivity index (χ1) is 15.7. The number of carbonyl (C=O) groups excluding carboxylic acids is 1. The number of amides is 2. The molecule has 0 heterocycles. The first-order valence-corrected chi connectivity index (χ1v) is 10.3. The summed E-state index contributed by atoms with van der Waals surface area (Å²) in [6, 6.07) is 32.0. The van der Waals surface area contributed by atoms with Crippen molar-refractivity contribution in [2.45, 2.75) is 13.5 Å². The van der Waals surface area contributed by atoms with Crippen LogP contribution >= 0.6 is 0 Å². The fourth-order valence-electron chi connectivity index (χ4n) is 3.15. The van der Waals surface area contributed by atoms with Crippen LogP contribution in [0.15, 0.2) is 103 Å². The van der Waals surface area contributed by atoms with Crippen LogP contribution in [-0.2, 0) is 6.61 Å². The average Bonchev–Trinajstić information content (AvgIpc) is 2.80. The molecular formula is C27H24N2O3. The molecule has 5 nitrogen and oxygen atoms in total. The summed E-state index contributed by atoms with van der Waals surface area (Å²) in [5, 5.41) is 5.69. The summed E-state index contributed by atoms with van der Waals surface area (Å²) >= 11 is 0. The molecule has 0 unspecified atom stereocenters. The quantitative estimate of drug-likeness (QED) is 0.335. The third-order valence-electron chi connectivity index (χ3n) is 4.69. The van der Waals surface area contributed by atoms with E-state index in [1.165, 1.54) is 0 Å². The lowest BCUT2D eigenvalue weighted by atomic mass is 10.2. The van der Waals surface area contributed by atoms with E-state index in [9.17, 15) is 4.79 Å². The Morgan fingerprint density at radius 1 is 0.719 bits per heavy atom. The third kappa shape index (κ3) is 5.89. The summed E-state index contributed by atoms with van der Waals surface area (Å²) in [5.74, 6) is 1.80. The number of para-hydroxylation sites is 1. The van der Waals surface area contributed by atoms with E-state index in [1.807, 2.05) is 91.9 Å². The van der Waals surface area contributed by atoms with E-state index in [2.05, 4.69) is 10.6 Å². The van der Waals surface area contributed by atoms with Crippen molar-refractivity contribution >= 4 is 17.4 Å². The number of carbonyl (C=O) groups is 1. The van der Waals surface area contributed by atoms with Crippen molar-refractivity contribution in [3.63, 3.8) is 0 Å². The van der Waals surface area contributed by atoms with Gasteiger partial charge in [-0.15, -0.1) is 0 Å². The van der Waals surface area contributed by atoms with Crippen LogP contribution in [0.2, 0.25) is 0 Å². The second kappa shape index (κ2) is 10.2. The number of anilines is 2. The molecule has 2 amide bonds. The molecule has 0 aliphatic carbocycles. The van der Waals surface area contributed by atoms with Gasteiger partial charge in [-0.05, 0) is 54.4 Å². The molecule has 0 radical (unpaired) electrons. The lowest BCUT2D eigenvalue weighted by Crippen LogP contribution is -2.19. The van der Waals surface area contributed by atoms with Crippen molar-refractivity contribution < 1.29 is 14.3 Å². The van der Waals surface area contributed by atoms with Gasteiger partial charge < -0.3 is 20.1 Å². The minimum absolute atomic E-state index is 0.332. The van der Waals surface area contributed by atoms with Gasteiger partial charge in [-0.3, -0.25) is 0 Å². The Morgan fingerprint density at radius 3 is 2.12 bits per heavy atom. The van der Waals surface area contributed by atoms with Crippen molar-refractivity contribution in [2.75, 3.05) is 10.6 Å². The molecule has 0 bridgehead atoms. The molecule has 4 aromatic carbocycles. The number of benzene rings is 4. The smallest absolute Gasteiger partial charge is 0.323 e. The molecule has 0 aliphatic heterocycles. The van der Waals surface area contributed by atoms with Crippen molar-refractivity contribution in [1.29, 1.82) is 0 Å². The number of aryl methyl sites for hydroxylation is 1. The number of ether oxygens (including phenoxy) is 2. The highest BCUT2D eigenvalue weighted by molar-refractivity contribution is 6.00. The average molecular weight is 425 g/mol. The number of hydrogen-bond acceptors (Lipinski definition) is 3.